The standard InChI is InChI=1S/C14H21NO2S/c1-5-10-6-7-11(18-10)12(16)15-8-13(2,3)14(4,17)9-15/h6-7,17H,5,8-9H2,1-4H3/t14-/m1/s1. The topological polar surface area (TPSA) is 40.5 Å². The minimum Gasteiger partial charge on any atom is -0.388 e. The zero-order valence-electron chi connectivity index (χ0n) is 11.5. The first-order chi connectivity index (χ1) is 8.27. The molecule has 1 aromatic rings. The van der Waals surface area contributed by atoms with Crippen LogP contribution in [-0.2, 0) is 6.42 Å². The Morgan fingerprint density at radius 3 is 2.50 bits per heavy atom. The van der Waals surface area contributed by atoms with Crippen LogP contribution in [0.15, 0.2) is 12.1 Å². The number of β-amino-alcohol motifs (C(OH)–C–C–N with tert-alkyl or cyclic N) is 1. The van der Waals surface area contributed by atoms with Crippen LogP contribution in [-0.4, -0.2) is 34.6 Å². The van der Waals surface area contributed by atoms with Gasteiger partial charge in [-0.05, 0) is 25.5 Å². The van der Waals surface area contributed by atoms with E-state index < -0.39 is 5.60 Å². The molecule has 0 radical (unpaired) electrons. The maximum absolute atomic E-state index is 12.4. The summed E-state index contributed by atoms with van der Waals surface area (Å²) >= 11 is 1.56. The van der Waals surface area contributed by atoms with E-state index in [1.54, 1.807) is 16.2 Å². The summed E-state index contributed by atoms with van der Waals surface area (Å²) in [5.74, 6) is 0.0468. The average molecular weight is 267 g/mol. The smallest absolute Gasteiger partial charge is 0.264 e. The molecule has 2 heterocycles. The lowest BCUT2D eigenvalue weighted by Gasteiger charge is -2.30. The number of carbonyl (C=O) groups is 1. The van der Waals surface area contributed by atoms with E-state index in [1.165, 1.54) is 4.88 Å². The minimum absolute atomic E-state index is 0.0468. The molecule has 2 rings (SSSR count). The number of nitrogens with zero attached hydrogens (tertiary/aromatic N) is 1. The molecule has 0 spiro atoms. The number of rotatable bonds is 2. The van der Waals surface area contributed by atoms with Crippen molar-refractivity contribution in [3.8, 4) is 0 Å². The summed E-state index contributed by atoms with van der Waals surface area (Å²) in [6.45, 7) is 8.94. The van der Waals surface area contributed by atoms with Crippen LogP contribution in [0.1, 0.15) is 42.2 Å². The molecule has 100 valence electrons. The largest absolute Gasteiger partial charge is 0.388 e. The summed E-state index contributed by atoms with van der Waals surface area (Å²) in [6, 6.07) is 3.91. The van der Waals surface area contributed by atoms with Crippen LogP contribution in [0.3, 0.4) is 0 Å². The molecule has 0 saturated carbocycles. The van der Waals surface area contributed by atoms with Gasteiger partial charge in [-0.2, -0.15) is 0 Å². The van der Waals surface area contributed by atoms with E-state index in [4.69, 9.17) is 0 Å². The predicted molar refractivity (Wildman–Crippen MR) is 74.0 cm³/mol. The first kappa shape index (κ1) is 13.6. The molecule has 1 N–H and O–H groups in total. The fourth-order valence-electron chi connectivity index (χ4n) is 2.27. The van der Waals surface area contributed by atoms with Gasteiger partial charge in [-0.25, -0.2) is 0 Å². The zero-order chi connectivity index (χ0) is 13.6. The van der Waals surface area contributed by atoms with E-state index in [0.29, 0.717) is 13.1 Å². The number of thiophene rings is 1. The fraction of sp³-hybridized carbons (Fsp3) is 0.643. The number of amides is 1. The highest BCUT2D eigenvalue weighted by molar-refractivity contribution is 7.14. The predicted octanol–water partition coefficient (Wildman–Crippen LogP) is 2.54. The summed E-state index contributed by atoms with van der Waals surface area (Å²) < 4.78 is 0. The number of aliphatic hydroxyl groups is 1. The lowest BCUT2D eigenvalue weighted by Crippen LogP contribution is -2.40. The summed E-state index contributed by atoms with van der Waals surface area (Å²) in [5.41, 5.74) is -1.07. The van der Waals surface area contributed by atoms with Crippen LogP contribution < -0.4 is 0 Å². The molecule has 1 aliphatic rings. The summed E-state index contributed by atoms with van der Waals surface area (Å²) in [4.78, 5) is 16.1. The quantitative estimate of drug-likeness (QED) is 0.894. The number of likely N-dealkylation sites (tertiary alicyclic amines) is 1. The average Bonchev–Trinajstić information content (AvgIpc) is 2.81. The second kappa shape index (κ2) is 4.35. The van der Waals surface area contributed by atoms with E-state index in [9.17, 15) is 9.90 Å². The molecule has 1 aliphatic heterocycles. The van der Waals surface area contributed by atoms with Crippen molar-refractivity contribution in [3.63, 3.8) is 0 Å². The van der Waals surface area contributed by atoms with E-state index in [2.05, 4.69) is 6.92 Å². The summed E-state index contributed by atoms with van der Waals surface area (Å²) in [7, 11) is 0. The van der Waals surface area contributed by atoms with Crippen LogP contribution in [0.2, 0.25) is 0 Å². The maximum Gasteiger partial charge on any atom is 0.264 e. The molecule has 1 aromatic heterocycles. The van der Waals surface area contributed by atoms with Crippen molar-refractivity contribution in [1.82, 2.24) is 4.90 Å². The molecular formula is C14H21NO2S. The van der Waals surface area contributed by atoms with E-state index in [-0.39, 0.29) is 11.3 Å². The van der Waals surface area contributed by atoms with Gasteiger partial charge in [0.1, 0.15) is 0 Å². The van der Waals surface area contributed by atoms with Gasteiger partial charge in [0.05, 0.1) is 17.0 Å². The molecule has 0 bridgehead atoms. The van der Waals surface area contributed by atoms with Crippen molar-refractivity contribution >= 4 is 17.2 Å². The van der Waals surface area contributed by atoms with Gasteiger partial charge in [-0.3, -0.25) is 4.79 Å². The van der Waals surface area contributed by atoms with Crippen molar-refractivity contribution in [1.29, 1.82) is 0 Å². The van der Waals surface area contributed by atoms with Gasteiger partial charge in [-0.1, -0.05) is 20.8 Å². The molecular weight excluding hydrogens is 246 g/mol. The lowest BCUT2D eigenvalue weighted by atomic mass is 9.79. The second-order valence-corrected chi connectivity index (χ2v) is 7.11. The van der Waals surface area contributed by atoms with Crippen molar-refractivity contribution in [2.75, 3.05) is 13.1 Å². The van der Waals surface area contributed by atoms with Crippen LogP contribution in [0, 0.1) is 5.41 Å². The highest BCUT2D eigenvalue weighted by Crippen LogP contribution is 2.39. The van der Waals surface area contributed by atoms with Crippen molar-refractivity contribution in [3.05, 3.63) is 21.9 Å². The molecule has 18 heavy (non-hydrogen) atoms. The SMILES string of the molecule is CCc1ccc(C(=O)N2CC(C)(C)[C@](C)(O)C2)s1. The number of aryl methyl sites for hydroxylation is 1. The molecule has 0 aliphatic carbocycles. The highest BCUT2D eigenvalue weighted by Gasteiger charge is 2.49. The van der Waals surface area contributed by atoms with Crippen molar-refractivity contribution in [2.45, 2.75) is 39.7 Å². The Hall–Kier alpha value is -0.870. The number of hydrogen-bond acceptors (Lipinski definition) is 3. The van der Waals surface area contributed by atoms with Gasteiger partial charge in [0.15, 0.2) is 0 Å². The molecule has 1 amide bonds. The van der Waals surface area contributed by atoms with Crippen molar-refractivity contribution < 1.29 is 9.90 Å². The third kappa shape index (κ3) is 2.19. The third-order valence-corrected chi connectivity index (χ3v) is 5.27. The van der Waals surface area contributed by atoms with Gasteiger partial charge in [0.25, 0.3) is 5.91 Å². The van der Waals surface area contributed by atoms with Gasteiger partial charge in [-0.15, -0.1) is 11.3 Å². The Labute approximate surface area is 112 Å². The Kier molecular flexibility index (Phi) is 3.28. The Morgan fingerprint density at radius 1 is 1.39 bits per heavy atom. The Bertz CT molecular complexity index is 446. The van der Waals surface area contributed by atoms with Gasteiger partial charge in [0, 0.05) is 16.8 Å². The molecule has 0 aromatic carbocycles. The number of hydrogen-bond donors (Lipinski definition) is 1. The first-order valence-corrected chi connectivity index (χ1v) is 7.19. The first-order valence-electron chi connectivity index (χ1n) is 6.37. The van der Waals surface area contributed by atoms with E-state index in [1.807, 2.05) is 32.9 Å². The highest BCUT2D eigenvalue weighted by atomic mass is 32.1. The summed E-state index contributed by atoms with van der Waals surface area (Å²) in [5, 5.41) is 10.3. The molecule has 1 fully saturated rings. The van der Waals surface area contributed by atoms with Crippen molar-refractivity contribution in [2.24, 2.45) is 5.41 Å². The van der Waals surface area contributed by atoms with Gasteiger partial charge in [0.2, 0.25) is 0 Å². The fourth-order valence-corrected chi connectivity index (χ4v) is 3.19. The third-order valence-electron chi connectivity index (χ3n) is 4.05. The molecule has 0 unspecified atom stereocenters. The van der Waals surface area contributed by atoms with Crippen LogP contribution >= 0.6 is 11.3 Å². The van der Waals surface area contributed by atoms with Gasteiger partial charge < -0.3 is 10.0 Å². The molecule has 4 heteroatoms. The van der Waals surface area contributed by atoms with E-state index in [0.717, 1.165) is 11.3 Å². The van der Waals surface area contributed by atoms with Crippen LogP contribution in [0.5, 0.6) is 0 Å². The molecule has 1 saturated heterocycles. The molecule has 1 atom stereocenters. The minimum atomic E-state index is -0.812. The number of carbonyl (C=O) groups excluding carboxylic acids is 1. The summed E-state index contributed by atoms with van der Waals surface area (Å²) in [6.07, 6.45) is 0.959. The maximum atomic E-state index is 12.4. The van der Waals surface area contributed by atoms with Crippen LogP contribution in [0.25, 0.3) is 0 Å². The monoisotopic (exact) mass is 267 g/mol. The van der Waals surface area contributed by atoms with Gasteiger partial charge >= 0.3 is 0 Å². The second-order valence-electron chi connectivity index (χ2n) is 5.94. The Morgan fingerprint density at radius 2 is 2.06 bits per heavy atom. The molecule has 3 nitrogen and oxygen atoms in total. The Balaban J connectivity index is 2.17. The zero-order valence-corrected chi connectivity index (χ0v) is 12.3. The van der Waals surface area contributed by atoms with Crippen LogP contribution in [0.4, 0.5) is 0 Å². The van der Waals surface area contributed by atoms with E-state index >= 15 is 0 Å². The lowest BCUT2D eigenvalue weighted by molar-refractivity contribution is -0.0108. The normalized spacial score (nSPS) is 26.6.